The average molecular weight is 460 g/mol. The van der Waals surface area contributed by atoms with E-state index in [9.17, 15) is 18.0 Å². The Labute approximate surface area is 187 Å². The van der Waals surface area contributed by atoms with Gasteiger partial charge in [0, 0.05) is 37.3 Å². The Balaban J connectivity index is 1.56. The lowest BCUT2D eigenvalue weighted by molar-refractivity contribution is -0.117. The van der Waals surface area contributed by atoms with Crippen molar-refractivity contribution in [3.8, 4) is 5.75 Å². The molecule has 0 atom stereocenters. The van der Waals surface area contributed by atoms with Crippen LogP contribution in [0.3, 0.4) is 0 Å². The Hall–Kier alpha value is -2.95. The average Bonchev–Trinajstić information content (AvgIpc) is 3.25. The zero-order valence-corrected chi connectivity index (χ0v) is 18.6. The molecule has 0 aromatic heterocycles. The van der Waals surface area contributed by atoms with E-state index in [1.807, 2.05) is 0 Å². The zero-order valence-electron chi connectivity index (χ0n) is 17.7. The van der Waals surface area contributed by atoms with E-state index in [1.54, 1.807) is 35.2 Å². The topological polar surface area (TPSA) is 105 Å². The first-order valence-electron chi connectivity index (χ1n) is 10.4. The van der Waals surface area contributed by atoms with Gasteiger partial charge < -0.3 is 19.7 Å². The van der Waals surface area contributed by atoms with Gasteiger partial charge in [-0.15, -0.1) is 0 Å². The number of nitrogens with one attached hydrogen (secondary N) is 1. The number of carbonyl (C=O) groups excluding carboxylic acids is 2. The number of rotatable bonds is 6. The summed E-state index contributed by atoms with van der Waals surface area (Å²) in [5, 5.41) is 2.79. The monoisotopic (exact) mass is 459 g/mol. The molecule has 0 unspecified atom stereocenters. The molecule has 2 aromatic carbocycles. The van der Waals surface area contributed by atoms with E-state index in [1.165, 1.54) is 23.5 Å². The van der Waals surface area contributed by atoms with E-state index in [0.29, 0.717) is 43.3 Å². The van der Waals surface area contributed by atoms with Crippen molar-refractivity contribution in [1.82, 2.24) is 4.31 Å². The Kier molecular flexibility index (Phi) is 6.45. The van der Waals surface area contributed by atoms with Gasteiger partial charge in [0.1, 0.15) is 5.75 Å². The van der Waals surface area contributed by atoms with Crippen molar-refractivity contribution in [3.63, 3.8) is 0 Å². The summed E-state index contributed by atoms with van der Waals surface area (Å²) in [4.78, 5) is 26.7. The van der Waals surface area contributed by atoms with Gasteiger partial charge in [0.15, 0.2) is 0 Å². The van der Waals surface area contributed by atoms with Crippen molar-refractivity contribution in [3.05, 3.63) is 48.0 Å². The number of hydrogen-bond donors (Lipinski definition) is 1. The molecule has 9 nitrogen and oxygen atoms in total. The van der Waals surface area contributed by atoms with Gasteiger partial charge in [0.05, 0.1) is 30.9 Å². The van der Waals surface area contributed by atoms with Crippen molar-refractivity contribution in [2.75, 3.05) is 50.2 Å². The first-order chi connectivity index (χ1) is 15.4. The molecule has 2 fully saturated rings. The standard InChI is InChI=1S/C22H25N3O6S/c1-30-20-8-7-17(15-19(20)25-9-3-6-21(25)26)23-22(27)16-4-2-5-18(14-16)32(28,29)24-10-12-31-13-11-24/h2,4-5,7-8,14-15H,3,6,9-13H2,1H3,(H,23,27). The quantitative estimate of drug-likeness (QED) is 0.709. The third kappa shape index (κ3) is 4.47. The summed E-state index contributed by atoms with van der Waals surface area (Å²) >= 11 is 0. The minimum absolute atomic E-state index is 0.00722. The van der Waals surface area contributed by atoms with Crippen LogP contribution in [-0.4, -0.2) is 64.5 Å². The third-order valence-electron chi connectivity index (χ3n) is 5.50. The van der Waals surface area contributed by atoms with E-state index < -0.39 is 15.9 Å². The molecule has 2 amide bonds. The molecule has 4 rings (SSSR count). The van der Waals surface area contributed by atoms with Gasteiger partial charge in [-0.2, -0.15) is 4.31 Å². The second-order valence-electron chi connectivity index (χ2n) is 7.53. The van der Waals surface area contributed by atoms with Gasteiger partial charge in [-0.25, -0.2) is 8.42 Å². The van der Waals surface area contributed by atoms with Crippen LogP contribution in [-0.2, 0) is 19.6 Å². The Morgan fingerprint density at radius 1 is 1.09 bits per heavy atom. The van der Waals surface area contributed by atoms with Gasteiger partial charge in [0.25, 0.3) is 5.91 Å². The lowest BCUT2D eigenvalue weighted by Gasteiger charge is -2.26. The van der Waals surface area contributed by atoms with Crippen molar-refractivity contribution in [2.45, 2.75) is 17.7 Å². The molecule has 2 heterocycles. The number of sulfonamides is 1. The number of benzene rings is 2. The van der Waals surface area contributed by atoms with Crippen LogP contribution in [0.5, 0.6) is 5.75 Å². The third-order valence-corrected chi connectivity index (χ3v) is 7.40. The fraction of sp³-hybridized carbons (Fsp3) is 0.364. The smallest absolute Gasteiger partial charge is 0.255 e. The van der Waals surface area contributed by atoms with Crippen LogP contribution in [0, 0.1) is 0 Å². The number of hydrogen-bond acceptors (Lipinski definition) is 6. The number of carbonyl (C=O) groups is 2. The highest BCUT2D eigenvalue weighted by Gasteiger charge is 2.27. The van der Waals surface area contributed by atoms with Crippen LogP contribution in [0.4, 0.5) is 11.4 Å². The lowest BCUT2D eigenvalue weighted by atomic mass is 10.2. The first-order valence-corrected chi connectivity index (χ1v) is 11.8. The minimum atomic E-state index is -3.71. The molecule has 2 aromatic rings. The molecule has 0 spiro atoms. The predicted molar refractivity (Wildman–Crippen MR) is 119 cm³/mol. The van der Waals surface area contributed by atoms with Crippen LogP contribution >= 0.6 is 0 Å². The minimum Gasteiger partial charge on any atom is -0.495 e. The van der Waals surface area contributed by atoms with Crippen LogP contribution in [0.2, 0.25) is 0 Å². The van der Waals surface area contributed by atoms with Gasteiger partial charge in [-0.3, -0.25) is 9.59 Å². The summed E-state index contributed by atoms with van der Waals surface area (Å²) in [7, 11) is -2.19. The van der Waals surface area contributed by atoms with Crippen LogP contribution in [0.25, 0.3) is 0 Å². The highest BCUT2D eigenvalue weighted by Crippen LogP contribution is 2.34. The Bertz CT molecular complexity index is 1130. The molecule has 0 bridgehead atoms. The lowest BCUT2D eigenvalue weighted by Crippen LogP contribution is -2.40. The highest BCUT2D eigenvalue weighted by molar-refractivity contribution is 7.89. The number of amides is 2. The molecule has 170 valence electrons. The number of ether oxygens (including phenoxy) is 2. The predicted octanol–water partition coefficient (Wildman–Crippen LogP) is 2.10. The summed E-state index contributed by atoms with van der Waals surface area (Å²) in [5.41, 5.74) is 1.29. The molecule has 10 heteroatoms. The van der Waals surface area contributed by atoms with Crippen molar-refractivity contribution < 1.29 is 27.5 Å². The van der Waals surface area contributed by atoms with Crippen molar-refractivity contribution in [2.24, 2.45) is 0 Å². The molecular formula is C22H25N3O6S. The first kappa shape index (κ1) is 22.3. The second kappa shape index (κ2) is 9.27. The van der Waals surface area contributed by atoms with E-state index in [-0.39, 0.29) is 29.5 Å². The maximum absolute atomic E-state index is 12.9. The number of methoxy groups -OCH3 is 1. The molecule has 2 aliphatic rings. The summed E-state index contributed by atoms with van der Waals surface area (Å²) in [5.74, 6) is 0.0949. The summed E-state index contributed by atoms with van der Waals surface area (Å²) < 4.78 is 37.8. The molecule has 0 saturated carbocycles. The molecule has 32 heavy (non-hydrogen) atoms. The molecule has 1 N–H and O–H groups in total. The zero-order chi connectivity index (χ0) is 22.7. The SMILES string of the molecule is COc1ccc(NC(=O)c2cccc(S(=O)(=O)N3CCOCC3)c2)cc1N1CCCC1=O. The van der Waals surface area contributed by atoms with Gasteiger partial charge in [0.2, 0.25) is 15.9 Å². The van der Waals surface area contributed by atoms with Crippen LogP contribution in [0.1, 0.15) is 23.2 Å². The fourth-order valence-corrected chi connectivity index (χ4v) is 5.27. The van der Waals surface area contributed by atoms with Gasteiger partial charge in [-0.05, 0) is 42.8 Å². The molecule has 0 aliphatic carbocycles. The highest BCUT2D eigenvalue weighted by atomic mass is 32.2. The number of anilines is 2. The van der Waals surface area contributed by atoms with E-state index in [0.717, 1.165) is 6.42 Å². The number of nitrogens with zero attached hydrogens (tertiary/aromatic N) is 2. The molecular weight excluding hydrogens is 434 g/mol. The maximum Gasteiger partial charge on any atom is 0.255 e. The normalized spacial score (nSPS) is 17.4. The Morgan fingerprint density at radius 3 is 2.56 bits per heavy atom. The largest absolute Gasteiger partial charge is 0.495 e. The van der Waals surface area contributed by atoms with Gasteiger partial charge in [-0.1, -0.05) is 6.07 Å². The van der Waals surface area contributed by atoms with Gasteiger partial charge >= 0.3 is 0 Å². The van der Waals surface area contributed by atoms with E-state index >= 15 is 0 Å². The van der Waals surface area contributed by atoms with E-state index in [4.69, 9.17) is 9.47 Å². The number of morpholine rings is 1. The molecule has 0 radical (unpaired) electrons. The van der Waals surface area contributed by atoms with Crippen LogP contribution in [0.15, 0.2) is 47.4 Å². The summed E-state index contributed by atoms with van der Waals surface area (Å²) in [6.07, 6.45) is 1.24. The van der Waals surface area contributed by atoms with Crippen LogP contribution < -0.4 is 15.0 Å². The molecule has 2 saturated heterocycles. The van der Waals surface area contributed by atoms with Crippen molar-refractivity contribution in [1.29, 1.82) is 0 Å². The van der Waals surface area contributed by atoms with Crippen molar-refractivity contribution >= 4 is 33.2 Å². The molecule has 2 aliphatic heterocycles. The summed E-state index contributed by atoms with van der Waals surface area (Å²) in [6.45, 7) is 1.84. The maximum atomic E-state index is 12.9. The second-order valence-corrected chi connectivity index (χ2v) is 9.47. The van der Waals surface area contributed by atoms with E-state index in [2.05, 4.69) is 5.32 Å². The summed E-state index contributed by atoms with van der Waals surface area (Å²) in [6, 6.07) is 11.0. The fourth-order valence-electron chi connectivity index (χ4n) is 3.82. The Morgan fingerprint density at radius 2 is 1.88 bits per heavy atom.